The Labute approximate surface area is 184 Å². The normalized spacial score (nSPS) is 18.7. The smallest absolute Gasteiger partial charge is 0.243 e. The monoisotopic (exact) mass is 443 g/mol. The Bertz CT molecular complexity index is 996. The van der Waals surface area contributed by atoms with Gasteiger partial charge in [-0.25, -0.2) is 8.42 Å². The molecule has 0 saturated carbocycles. The standard InChI is InChI=1S/C23H29N3O4S/c1-30-21-7-5-6-20(18-21)24-14-16-25(17-15-24)23(27)19-10-12-26(13-11-19)31(28,29)22-8-3-2-4-9-22/h2-9,18-19H,10-17H2,1H3. The third-order valence-corrected chi connectivity index (χ3v) is 8.11. The van der Waals surface area contributed by atoms with Gasteiger partial charge in [-0.15, -0.1) is 0 Å². The molecule has 0 unspecified atom stereocenters. The number of piperidine rings is 1. The second kappa shape index (κ2) is 9.28. The summed E-state index contributed by atoms with van der Waals surface area (Å²) in [6, 6.07) is 16.5. The highest BCUT2D eigenvalue weighted by atomic mass is 32.2. The number of ether oxygens (including phenoxy) is 1. The van der Waals surface area contributed by atoms with Crippen LogP contribution in [0, 0.1) is 5.92 Å². The Morgan fingerprint density at radius 2 is 1.58 bits per heavy atom. The predicted molar refractivity (Wildman–Crippen MR) is 120 cm³/mol. The van der Waals surface area contributed by atoms with Gasteiger partial charge >= 0.3 is 0 Å². The molecule has 0 atom stereocenters. The van der Waals surface area contributed by atoms with Gasteiger partial charge in [-0.1, -0.05) is 24.3 Å². The molecule has 166 valence electrons. The first kappa shape index (κ1) is 21.6. The van der Waals surface area contributed by atoms with Crippen molar-refractivity contribution < 1.29 is 17.9 Å². The molecule has 0 radical (unpaired) electrons. The lowest BCUT2D eigenvalue weighted by Crippen LogP contribution is -2.52. The van der Waals surface area contributed by atoms with E-state index in [1.165, 1.54) is 4.31 Å². The molecule has 0 aromatic heterocycles. The number of nitrogens with zero attached hydrogens (tertiary/aromatic N) is 3. The number of methoxy groups -OCH3 is 1. The summed E-state index contributed by atoms with van der Waals surface area (Å²) in [5.41, 5.74) is 1.10. The zero-order chi connectivity index (χ0) is 21.8. The van der Waals surface area contributed by atoms with Gasteiger partial charge in [0.25, 0.3) is 0 Å². The van der Waals surface area contributed by atoms with Gasteiger partial charge < -0.3 is 14.5 Å². The number of amides is 1. The largest absolute Gasteiger partial charge is 0.497 e. The van der Waals surface area contributed by atoms with Crippen LogP contribution in [0.25, 0.3) is 0 Å². The summed E-state index contributed by atoms with van der Waals surface area (Å²) in [5, 5.41) is 0. The van der Waals surface area contributed by atoms with Crippen molar-refractivity contribution in [3.8, 4) is 5.75 Å². The molecule has 2 aromatic carbocycles. The lowest BCUT2D eigenvalue weighted by atomic mass is 9.96. The van der Waals surface area contributed by atoms with E-state index in [-0.39, 0.29) is 11.8 Å². The molecule has 0 aliphatic carbocycles. The molecule has 2 fully saturated rings. The van der Waals surface area contributed by atoms with Crippen molar-refractivity contribution in [3.05, 3.63) is 54.6 Å². The van der Waals surface area contributed by atoms with Gasteiger partial charge in [-0.2, -0.15) is 4.31 Å². The van der Waals surface area contributed by atoms with Gasteiger partial charge in [0.1, 0.15) is 5.75 Å². The molecule has 2 aliphatic heterocycles. The summed E-state index contributed by atoms with van der Waals surface area (Å²) in [6.45, 7) is 3.69. The van der Waals surface area contributed by atoms with Gasteiger partial charge in [-0.05, 0) is 37.1 Å². The Balaban J connectivity index is 1.30. The molecule has 1 amide bonds. The van der Waals surface area contributed by atoms with E-state index in [0.717, 1.165) is 24.5 Å². The van der Waals surface area contributed by atoms with Crippen molar-refractivity contribution >= 4 is 21.6 Å². The number of carbonyl (C=O) groups excluding carboxylic acids is 1. The zero-order valence-corrected chi connectivity index (χ0v) is 18.6. The van der Waals surface area contributed by atoms with Crippen LogP contribution in [0.1, 0.15) is 12.8 Å². The van der Waals surface area contributed by atoms with Crippen molar-refractivity contribution in [1.29, 1.82) is 0 Å². The van der Waals surface area contributed by atoms with Crippen LogP contribution in [0.15, 0.2) is 59.5 Å². The fraction of sp³-hybridized carbons (Fsp3) is 0.435. The molecular weight excluding hydrogens is 414 g/mol. The molecule has 8 heteroatoms. The molecule has 7 nitrogen and oxygen atoms in total. The first-order valence-electron chi connectivity index (χ1n) is 10.7. The van der Waals surface area contributed by atoms with Crippen LogP contribution in [0.4, 0.5) is 5.69 Å². The van der Waals surface area contributed by atoms with Crippen LogP contribution >= 0.6 is 0 Å². The maximum Gasteiger partial charge on any atom is 0.243 e. The van der Waals surface area contributed by atoms with Gasteiger partial charge in [0.15, 0.2) is 0 Å². The predicted octanol–water partition coefficient (Wildman–Crippen LogP) is 2.44. The third kappa shape index (κ3) is 4.70. The number of piperazine rings is 1. The summed E-state index contributed by atoms with van der Waals surface area (Å²) in [4.78, 5) is 17.6. The van der Waals surface area contributed by atoms with Gasteiger partial charge in [0, 0.05) is 56.9 Å². The van der Waals surface area contributed by atoms with E-state index in [1.807, 2.05) is 23.1 Å². The van der Waals surface area contributed by atoms with E-state index in [0.29, 0.717) is 43.9 Å². The number of sulfonamides is 1. The topological polar surface area (TPSA) is 70.2 Å². The maximum atomic E-state index is 13.0. The first-order valence-corrected chi connectivity index (χ1v) is 12.2. The highest BCUT2D eigenvalue weighted by Gasteiger charge is 2.34. The van der Waals surface area contributed by atoms with Gasteiger partial charge in [-0.3, -0.25) is 4.79 Å². The van der Waals surface area contributed by atoms with Crippen LogP contribution < -0.4 is 9.64 Å². The summed E-state index contributed by atoms with van der Waals surface area (Å²) in [5.74, 6) is 0.876. The minimum atomic E-state index is -3.49. The fourth-order valence-electron chi connectivity index (χ4n) is 4.34. The zero-order valence-electron chi connectivity index (χ0n) is 17.8. The number of rotatable bonds is 5. The van der Waals surface area contributed by atoms with E-state index >= 15 is 0 Å². The maximum absolute atomic E-state index is 13.0. The molecular formula is C23H29N3O4S. The SMILES string of the molecule is COc1cccc(N2CCN(C(=O)C3CCN(S(=O)(=O)c4ccccc4)CC3)CC2)c1. The number of hydrogen-bond donors (Lipinski definition) is 0. The third-order valence-electron chi connectivity index (χ3n) is 6.19. The van der Waals surface area contributed by atoms with Crippen LogP contribution in [0.5, 0.6) is 5.75 Å². The Kier molecular flexibility index (Phi) is 6.48. The molecule has 2 saturated heterocycles. The number of hydrogen-bond acceptors (Lipinski definition) is 5. The molecule has 31 heavy (non-hydrogen) atoms. The van der Waals surface area contributed by atoms with Gasteiger partial charge in [0.05, 0.1) is 12.0 Å². The van der Waals surface area contributed by atoms with Crippen molar-refractivity contribution in [2.45, 2.75) is 17.7 Å². The number of carbonyl (C=O) groups is 1. The van der Waals surface area contributed by atoms with Crippen LogP contribution in [0.2, 0.25) is 0 Å². The fourth-order valence-corrected chi connectivity index (χ4v) is 5.83. The van der Waals surface area contributed by atoms with E-state index in [9.17, 15) is 13.2 Å². The summed E-state index contributed by atoms with van der Waals surface area (Å²) < 4.78 is 32.4. The van der Waals surface area contributed by atoms with E-state index in [1.54, 1.807) is 37.4 Å². The molecule has 2 aromatic rings. The summed E-state index contributed by atoms with van der Waals surface area (Å²) in [7, 11) is -1.83. The van der Waals surface area contributed by atoms with Crippen LogP contribution in [0.3, 0.4) is 0 Å². The van der Waals surface area contributed by atoms with E-state index < -0.39 is 10.0 Å². The lowest BCUT2D eigenvalue weighted by molar-refractivity contribution is -0.137. The van der Waals surface area contributed by atoms with Crippen molar-refractivity contribution in [3.63, 3.8) is 0 Å². The Morgan fingerprint density at radius 1 is 0.903 bits per heavy atom. The minimum absolute atomic E-state index is 0.106. The molecule has 2 aliphatic rings. The van der Waals surface area contributed by atoms with Crippen molar-refractivity contribution in [2.24, 2.45) is 5.92 Å². The van der Waals surface area contributed by atoms with Crippen molar-refractivity contribution in [1.82, 2.24) is 9.21 Å². The summed E-state index contributed by atoms with van der Waals surface area (Å²) in [6.07, 6.45) is 1.14. The molecule has 0 N–H and O–H groups in total. The van der Waals surface area contributed by atoms with E-state index in [4.69, 9.17) is 4.74 Å². The molecule has 0 bridgehead atoms. The summed E-state index contributed by atoms with van der Waals surface area (Å²) >= 11 is 0. The molecule has 2 heterocycles. The molecule has 0 spiro atoms. The average molecular weight is 444 g/mol. The quantitative estimate of drug-likeness (QED) is 0.710. The van der Waals surface area contributed by atoms with Gasteiger partial charge in [0.2, 0.25) is 15.9 Å². The van der Waals surface area contributed by atoms with Crippen LogP contribution in [-0.2, 0) is 14.8 Å². The highest BCUT2D eigenvalue weighted by molar-refractivity contribution is 7.89. The lowest BCUT2D eigenvalue weighted by Gasteiger charge is -2.39. The van der Waals surface area contributed by atoms with Crippen LogP contribution in [-0.4, -0.2) is 69.9 Å². The highest BCUT2D eigenvalue weighted by Crippen LogP contribution is 2.27. The first-order chi connectivity index (χ1) is 15.0. The number of anilines is 1. The number of benzene rings is 2. The second-order valence-corrected chi connectivity index (χ2v) is 9.94. The minimum Gasteiger partial charge on any atom is -0.497 e. The average Bonchev–Trinajstić information content (AvgIpc) is 2.84. The van der Waals surface area contributed by atoms with Crippen molar-refractivity contribution in [2.75, 3.05) is 51.3 Å². The molecule has 4 rings (SSSR count). The Hall–Kier alpha value is -2.58. The second-order valence-electron chi connectivity index (χ2n) is 8.01. The van der Waals surface area contributed by atoms with E-state index in [2.05, 4.69) is 11.0 Å². The Morgan fingerprint density at radius 3 is 2.23 bits per heavy atom.